The first-order valence-electron chi connectivity index (χ1n) is 2.76. The van der Waals surface area contributed by atoms with Crippen molar-refractivity contribution in [2.45, 2.75) is 26.9 Å². The number of esters is 1. The topological polar surface area (TPSA) is 26.3 Å². The summed E-state index contributed by atoms with van der Waals surface area (Å²) in [6, 6.07) is 0. The van der Waals surface area contributed by atoms with Crippen molar-refractivity contribution >= 4 is 5.97 Å². The zero-order valence-corrected chi connectivity index (χ0v) is 5.39. The van der Waals surface area contributed by atoms with Gasteiger partial charge in [0.25, 0.3) is 0 Å². The molecule has 0 bridgehead atoms. The van der Waals surface area contributed by atoms with Gasteiger partial charge in [0.15, 0.2) is 0 Å². The zero-order chi connectivity index (χ0) is 6.36. The first kappa shape index (κ1) is 5.60. The molecule has 0 aromatic rings. The molecule has 46 valence electrons. The van der Waals surface area contributed by atoms with Crippen LogP contribution in [0, 0.1) is 5.41 Å². The van der Waals surface area contributed by atoms with Crippen LogP contribution in [0.5, 0.6) is 0 Å². The van der Waals surface area contributed by atoms with E-state index < -0.39 is 0 Å². The van der Waals surface area contributed by atoms with Crippen molar-refractivity contribution in [2.75, 3.05) is 0 Å². The van der Waals surface area contributed by atoms with Gasteiger partial charge in [-0.1, -0.05) is 0 Å². The lowest BCUT2D eigenvalue weighted by Crippen LogP contribution is -2.50. The Labute approximate surface area is 48.8 Å². The summed E-state index contributed by atoms with van der Waals surface area (Å²) < 4.78 is 4.72. The van der Waals surface area contributed by atoms with Gasteiger partial charge in [-0.3, -0.25) is 4.79 Å². The Bertz CT molecular complexity index is 126. The SMILES string of the molecule is CC1OC(=O)C1(C)C. The van der Waals surface area contributed by atoms with Gasteiger partial charge in [-0.15, -0.1) is 0 Å². The van der Waals surface area contributed by atoms with Crippen LogP contribution in [-0.4, -0.2) is 12.1 Å². The molecule has 0 spiro atoms. The second kappa shape index (κ2) is 1.24. The van der Waals surface area contributed by atoms with Crippen LogP contribution < -0.4 is 0 Å². The molecule has 0 radical (unpaired) electrons. The Balaban J connectivity index is 2.66. The Morgan fingerprint density at radius 2 is 2.12 bits per heavy atom. The lowest BCUT2D eigenvalue weighted by Gasteiger charge is -2.39. The third-order valence-electron chi connectivity index (χ3n) is 1.83. The van der Waals surface area contributed by atoms with E-state index in [1.165, 1.54) is 0 Å². The quantitative estimate of drug-likeness (QED) is 0.438. The highest BCUT2D eigenvalue weighted by molar-refractivity contribution is 5.81. The van der Waals surface area contributed by atoms with Crippen molar-refractivity contribution in [3.8, 4) is 0 Å². The van der Waals surface area contributed by atoms with Crippen molar-refractivity contribution in [2.24, 2.45) is 5.41 Å². The number of rotatable bonds is 0. The standard InChI is InChI=1S/C6H10O2/c1-4-6(2,3)5(7)8-4/h4H,1-3H3. The second-order valence-corrected chi connectivity index (χ2v) is 2.77. The Kier molecular flexibility index (Phi) is 0.872. The smallest absolute Gasteiger partial charge is 0.315 e. The van der Waals surface area contributed by atoms with E-state index in [2.05, 4.69) is 0 Å². The predicted octanol–water partition coefficient (Wildman–Crippen LogP) is 0.958. The van der Waals surface area contributed by atoms with Gasteiger partial charge < -0.3 is 4.74 Å². The number of carbonyl (C=O) groups excluding carboxylic acids is 1. The van der Waals surface area contributed by atoms with Crippen molar-refractivity contribution in [3.05, 3.63) is 0 Å². The average Bonchev–Trinajstić information content (AvgIpc) is 1.68. The maximum atomic E-state index is 10.5. The molecule has 8 heavy (non-hydrogen) atoms. The van der Waals surface area contributed by atoms with Crippen LogP contribution in [0.25, 0.3) is 0 Å². The highest BCUT2D eigenvalue weighted by Crippen LogP contribution is 2.34. The maximum absolute atomic E-state index is 10.5. The first-order valence-corrected chi connectivity index (χ1v) is 2.76. The predicted molar refractivity (Wildman–Crippen MR) is 29.3 cm³/mol. The van der Waals surface area contributed by atoms with Gasteiger partial charge in [0.05, 0.1) is 5.41 Å². The summed E-state index contributed by atoms with van der Waals surface area (Å²) in [5.74, 6) is -0.0787. The monoisotopic (exact) mass is 114 g/mol. The summed E-state index contributed by atoms with van der Waals surface area (Å²) >= 11 is 0. The molecule has 0 aliphatic carbocycles. The molecule has 1 aliphatic rings. The van der Waals surface area contributed by atoms with Gasteiger partial charge in [-0.2, -0.15) is 0 Å². The molecule has 0 amide bonds. The van der Waals surface area contributed by atoms with Gasteiger partial charge in [0.2, 0.25) is 0 Å². The van der Waals surface area contributed by atoms with Crippen LogP contribution in [0.1, 0.15) is 20.8 Å². The number of hydrogen-bond acceptors (Lipinski definition) is 2. The summed E-state index contributed by atoms with van der Waals surface area (Å²) in [5, 5.41) is 0. The van der Waals surface area contributed by atoms with E-state index in [1.54, 1.807) is 0 Å². The van der Waals surface area contributed by atoms with E-state index >= 15 is 0 Å². The lowest BCUT2D eigenvalue weighted by molar-refractivity contribution is -0.197. The Morgan fingerprint density at radius 1 is 1.62 bits per heavy atom. The number of hydrogen-bond donors (Lipinski definition) is 0. The average molecular weight is 114 g/mol. The Hall–Kier alpha value is -0.530. The van der Waals surface area contributed by atoms with Crippen molar-refractivity contribution in [3.63, 3.8) is 0 Å². The summed E-state index contributed by atoms with van der Waals surface area (Å²) in [6.07, 6.45) is 0.106. The van der Waals surface area contributed by atoms with Gasteiger partial charge in [-0.25, -0.2) is 0 Å². The fourth-order valence-corrected chi connectivity index (χ4v) is 0.568. The molecule has 1 aliphatic heterocycles. The first-order chi connectivity index (χ1) is 3.55. The van der Waals surface area contributed by atoms with Crippen LogP contribution in [0.4, 0.5) is 0 Å². The fraction of sp³-hybridized carbons (Fsp3) is 0.833. The van der Waals surface area contributed by atoms with Gasteiger partial charge >= 0.3 is 5.97 Å². The molecular weight excluding hydrogens is 104 g/mol. The lowest BCUT2D eigenvalue weighted by atomic mass is 9.83. The van der Waals surface area contributed by atoms with Crippen molar-refractivity contribution < 1.29 is 9.53 Å². The van der Waals surface area contributed by atoms with Gasteiger partial charge in [0, 0.05) is 0 Å². The molecular formula is C6H10O2. The minimum atomic E-state index is -0.222. The molecule has 1 unspecified atom stereocenters. The van der Waals surface area contributed by atoms with E-state index in [0.29, 0.717) is 0 Å². The van der Waals surface area contributed by atoms with Crippen LogP contribution in [0.3, 0.4) is 0 Å². The van der Waals surface area contributed by atoms with E-state index in [9.17, 15) is 4.79 Å². The van der Waals surface area contributed by atoms with Crippen LogP contribution in [0.2, 0.25) is 0 Å². The molecule has 1 rings (SSSR count). The third-order valence-corrected chi connectivity index (χ3v) is 1.83. The molecule has 1 heterocycles. The van der Waals surface area contributed by atoms with E-state index in [4.69, 9.17) is 4.74 Å². The minimum absolute atomic E-state index is 0.0787. The molecule has 2 heteroatoms. The molecule has 1 saturated heterocycles. The van der Waals surface area contributed by atoms with E-state index in [1.807, 2.05) is 20.8 Å². The fourth-order valence-electron chi connectivity index (χ4n) is 0.568. The van der Waals surface area contributed by atoms with Crippen LogP contribution >= 0.6 is 0 Å². The normalized spacial score (nSPS) is 33.4. The molecule has 0 aromatic carbocycles. The third kappa shape index (κ3) is 0.457. The van der Waals surface area contributed by atoms with Crippen molar-refractivity contribution in [1.82, 2.24) is 0 Å². The maximum Gasteiger partial charge on any atom is 0.315 e. The number of cyclic esters (lactones) is 1. The molecule has 1 fully saturated rings. The molecule has 2 nitrogen and oxygen atoms in total. The summed E-state index contributed by atoms with van der Waals surface area (Å²) in [5.41, 5.74) is -0.222. The van der Waals surface area contributed by atoms with E-state index in [0.717, 1.165) is 0 Å². The van der Waals surface area contributed by atoms with Crippen LogP contribution in [-0.2, 0) is 9.53 Å². The van der Waals surface area contributed by atoms with Crippen molar-refractivity contribution in [1.29, 1.82) is 0 Å². The van der Waals surface area contributed by atoms with Gasteiger partial charge in [0.1, 0.15) is 6.10 Å². The molecule has 0 N–H and O–H groups in total. The number of carbonyl (C=O) groups is 1. The van der Waals surface area contributed by atoms with Crippen LogP contribution in [0.15, 0.2) is 0 Å². The second-order valence-electron chi connectivity index (χ2n) is 2.77. The highest BCUT2D eigenvalue weighted by atomic mass is 16.6. The molecule has 0 aromatic heterocycles. The Morgan fingerprint density at radius 3 is 2.12 bits per heavy atom. The number of ether oxygens (including phenoxy) is 1. The van der Waals surface area contributed by atoms with Gasteiger partial charge in [-0.05, 0) is 20.8 Å². The molecule has 0 saturated carbocycles. The van der Waals surface area contributed by atoms with E-state index in [-0.39, 0.29) is 17.5 Å². The summed E-state index contributed by atoms with van der Waals surface area (Å²) in [4.78, 5) is 10.5. The molecule has 1 atom stereocenters. The zero-order valence-electron chi connectivity index (χ0n) is 5.39. The summed E-state index contributed by atoms with van der Waals surface area (Å²) in [7, 11) is 0. The summed E-state index contributed by atoms with van der Waals surface area (Å²) in [6.45, 7) is 5.69. The minimum Gasteiger partial charge on any atom is -0.461 e. The highest BCUT2D eigenvalue weighted by Gasteiger charge is 2.47. The largest absolute Gasteiger partial charge is 0.461 e.